The lowest BCUT2D eigenvalue weighted by Crippen LogP contribution is -2.38. The molecule has 0 saturated heterocycles. The Bertz CT molecular complexity index is 331. The number of aryl methyl sites for hydroxylation is 1. The molecule has 0 radical (unpaired) electrons. The summed E-state index contributed by atoms with van der Waals surface area (Å²) in [7, 11) is 0. The highest BCUT2D eigenvalue weighted by molar-refractivity contribution is 5.28. The van der Waals surface area contributed by atoms with Crippen LogP contribution in [0.1, 0.15) is 37.8 Å². The van der Waals surface area contributed by atoms with E-state index in [9.17, 15) is 4.39 Å². The molecule has 1 aromatic carbocycles. The van der Waals surface area contributed by atoms with Crippen LogP contribution in [0.2, 0.25) is 0 Å². The fourth-order valence-electron chi connectivity index (χ4n) is 1.93. The Morgan fingerprint density at radius 2 is 2.07 bits per heavy atom. The van der Waals surface area contributed by atoms with Gasteiger partial charge in [-0.2, -0.15) is 0 Å². The summed E-state index contributed by atoms with van der Waals surface area (Å²) >= 11 is 0. The van der Waals surface area contributed by atoms with Crippen molar-refractivity contribution >= 4 is 0 Å². The molecule has 1 nitrogen and oxygen atoms in total. The molecule has 0 bridgehead atoms. The second-order valence-electron chi connectivity index (χ2n) is 4.65. The van der Waals surface area contributed by atoms with Gasteiger partial charge in [-0.05, 0) is 49.9 Å². The quantitative estimate of drug-likeness (QED) is 0.809. The molecule has 0 aromatic heterocycles. The highest BCUT2D eigenvalue weighted by Gasteiger charge is 2.18. The van der Waals surface area contributed by atoms with Crippen molar-refractivity contribution in [1.82, 2.24) is 0 Å². The molecule has 0 fully saturated rings. The summed E-state index contributed by atoms with van der Waals surface area (Å²) in [6, 6.07) is 4.90. The topological polar surface area (TPSA) is 26.0 Å². The van der Waals surface area contributed by atoms with Crippen LogP contribution >= 0.6 is 0 Å². The van der Waals surface area contributed by atoms with Gasteiger partial charge in [-0.15, -0.1) is 0 Å². The van der Waals surface area contributed by atoms with Gasteiger partial charge in [0.05, 0.1) is 0 Å². The second kappa shape index (κ2) is 4.75. The van der Waals surface area contributed by atoms with E-state index < -0.39 is 0 Å². The minimum Gasteiger partial charge on any atom is -0.325 e. The zero-order valence-electron chi connectivity index (χ0n) is 9.81. The van der Waals surface area contributed by atoms with Gasteiger partial charge < -0.3 is 5.73 Å². The smallest absolute Gasteiger partial charge is 0.123 e. The summed E-state index contributed by atoms with van der Waals surface area (Å²) in [5.41, 5.74) is 8.06. The zero-order chi connectivity index (χ0) is 11.5. The Labute approximate surface area is 91.5 Å². The second-order valence-corrected chi connectivity index (χ2v) is 4.65. The van der Waals surface area contributed by atoms with Crippen molar-refractivity contribution in [1.29, 1.82) is 0 Å². The number of hydrogen-bond acceptors (Lipinski definition) is 1. The van der Waals surface area contributed by atoms with E-state index in [-0.39, 0.29) is 11.4 Å². The molecule has 2 N–H and O–H groups in total. The maximum Gasteiger partial charge on any atom is 0.123 e. The van der Waals surface area contributed by atoms with Crippen molar-refractivity contribution in [2.45, 2.75) is 45.6 Å². The molecule has 0 saturated carbocycles. The molecule has 1 aromatic rings. The Balaban J connectivity index is 2.83. The number of hydrogen-bond donors (Lipinski definition) is 1. The standard InChI is InChI=1S/C13H20FN/c1-4-7-13(3,15)9-11-8-12(14)6-5-10(11)2/h5-6,8H,4,7,9,15H2,1-3H3. The molecule has 0 spiro atoms. The zero-order valence-corrected chi connectivity index (χ0v) is 9.81. The average Bonchev–Trinajstić information content (AvgIpc) is 2.10. The number of nitrogens with two attached hydrogens (primary N) is 1. The largest absolute Gasteiger partial charge is 0.325 e. The van der Waals surface area contributed by atoms with Gasteiger partial charge in [-0.25, -0.2) is 4.39 Å². The molecule has 0 heterocycles. The number of rotatable bonds is 4. The van der Waals surface area contributed by atoms with Crippen LogP contribution in [0.4, 0.5) is 4.39 Å². The van der Waals surface area contributed by atoms with E-state index in [1.807, 2.05) is 19.9 Å². The van der Waals surface area contributed by atoms with E-state index >= 15 is 0 Å². The van der Waals surface area contributed by atoms with E-state index in [1.165, 1.54) is 6.07 Å². The van der Waals surface area contributed by atoms with Gasteiger partial charge in [0.25, 0.3) is 0 Å². The lowest BCUT2D eigenvalue weighted by atomic mass is 9.88. The summed E-state index contributed by atoms with van der Waals surface area (Å²) in [4.78, 5) is 0. The summed E-state index contributed by atoms with van der Waals surface area (Å²) in [5, 5.41) is 0. The van der Waals surface area contributed by atoms with E-state index in [0.29, 0.717) is 0 Å². The van der Waals surface area contributed by atoms with Crippen LogP contribution in [0.5, 0.6) is 0 Å². The first-order chi connectivity index (χ1) is 6.94. The monoisotopic (exact) mass is 209 g/mol. The van der Waals surface area contributed by atoms with Gasteiger partial charge in [0.1, 0.15) is 5.82 Å². The molecule has 0 aliphatic heterocycles. The summed E-state index contributed by atoms with van der Waals surface area (Å²) in [5.74, 6) is -0.178. The molecule has 1 unspecified atom stereocenters. The molecular formula is C13H20FN. The minimum absolute atomic E-state index is 0.178. The van der Waals surface area contributed by atoms with Crippen LogP contribution in [0.15, 0.2) is 18.2 Å². The third-order valence-corrected chi connectivity index (χ3v) is 2.73. The lowest BCUT2D eigenvalue weighted by molar-refractivity contribution is 0.423. The Kier molecular flexibility index (Phi) is 3.86. The SMILES string of the molecule is CCCC(C)(N)Cc1cc(F)ccc1C. The molecule has 0 amide bonds. The Morgan fingerprint density at radius 3 is 2.67 bits per heavy atom. The molecule has 15 heavy (non-hydrogen) atoms. The fraction of sp³-hybridized carbons (Fsp3) is 0.538. The van der Waals surface area contributed by atoms with Gasteiger partial charge in [-0.1, -0.05) is 19.4 Å². The molecule has 1 atom stereocenters. The Hall–Kier alpha value is -0.890. The maximum absolute atomic E-state index is 13.1. The van der Waals surface area contributed by atoms with Crippen molar-refractivity contribution in [2.24, 2.45) is 5.73 Å². The van der Waals surface area contributed by atoms with Crippen molar-refractivity contribution in [2.75, 3.05) is 0 Å². The third kappa shape index (κ3) is 3.63. The number of halogens is 1. The van der Waals surface area contributed by atoms with E-state index in [1.54, 1.807) is 6.07 Å². The van der Waals surface area contributed by atoms with Crippen molar-refractivity contribution in [3.63, 3.8) is 0 Å². The van der Waals surface area contributed by atoms with Crippen LogP contribution in [-0.2, 0) is 6.42 Å². The first kappa shape index (κ1) is 12.2. The maximum atomic E-state index is 13.1. The first-order valence-corrected chi connectivity index (χ1v) is 5.48. The van der Waals surface area contributed by atoms with Crippen LogP contribution in [0.25, 0.3) is 0 Å². The lowest BCUT2D eigenvalue weighted by Gasteiger charge is -2.25. The van der Waals surface area contributed by atoms with Crippen molar-refractivity contribution in [3.8, 4) is 0 Å². The highest BCUT2D eigenvalue weighted by Crippen LogP contribution is 2.19. The van der Waals surface area contributed by atoms with Crippen molar-refractivity contribution in [3.05, 3.63) is 35.1 Å². The van der Waals surface area contributed by atoms with Crippen molar-refractivity contribution < 1.29 is 4.39 Å². The van der Waals surface area contributed by atoms with Crippen LogP contribution in [-0.4, -0.2) is 5.54 Å². The van der Waals surface area contributed by atoms with E-state index in [0.717, 1.165) is 30.4 Å². The van der Waals surface area contributed by atoms with Gasteiger partial charge in [-0.3, -0.25) is 0 Å². The number of benzene rings is 1. The molecule has 1 rings (SSSR count). The molecule has 0 aliphatic rings. The van der Waals surface area contributed by atoms with E-state index in [2.05, 4.69) is 6.92 Å². The summed E-state index contributed by atoms with van der Waals surface area (Å²) in [6.45, 7) is 6.14. The minimum atomic E-state index is -0.229. The molecule has 0 aliphatic carbocycles. The molecule has 84 valence electrons. The summed E-state index contributed by atoms with van der Waals surface area (Å²) < 4.78 is 13.1. The summed E-state index contributed by atoms with van der Waals surface area (Å²) in [6.07, 6.45) is 2.76. The van der Waals surface area contributed by atoms with Gasteiger partial charge in [0.2, 0.25) is 0 Å². The predicted octanol–water partition coefficient (Wildman–Crippen LogP) is 3.19. The van der Waals surface area contributed by atoms with E-state index in [4.69, 9.17) is 5.73 Å². The Morgan fingerprint density at radius 1 is 1.40 bits per heavy atom. The molecule has 2 heteroatoms. The van der Waals surface area contributed by atoms with Crippen LogP contribution in [0, 0.1) is 12.7 Å². The predicted molar refractivity (Wildman–Crippen MR) is 62.3 cm³/mol. The molecular weight excluding hydrogens is 189 g/mol. The average molecular weight is 209 g/mol. The first-order valence-electron chi connectivity index (χ1n) is 5.48. The van der Waals surface area contributed by atoms with Gasteiger partial charge in [0, 0.05) is 5.54 Å². The van der Waals surface area contributed by atoms with Gasteiger partial charge in [0.15, 0.2) is 0 Å². The fourth-order valence-corrected chi connectivity index (χ4v) is 1.93. The van der Waals surface area contributed by atoms with Gasteiger partial charge >= 0.3 is 0 Å². The van der Waals surface area contributed by atoms with Crippen LogP contribution < -0.4 is 5.73 Å². The van der Waals surface area contributed by atoms with Crippen LogP contribution in [0.3, 0.4) is 0 Å². The highest BCUT2D eigenvalue weighted by atomic mass is 19.1. The normalized spacial score (nSPS) is 15.0. The third-order valence-electron chi connectivity index (χ3n) is 2.73.